The zero-order valence-corrected chi connectivity index (χ0v) is 15.7. The van der Waals surface area contributed by atoms with Crippen LogP contribution in [-0.2, 0) is 6.54 Å². The number of rotatable bonds is 2. The predicted molar refractivity (Wildman–Crippen MR) is 101 cm³/mol. The molecule has 3 heteroatoms. The van der Waals surface area contributed by atoms with Crippen LogP contribution in [0.3, 0.4) is 0 Å². The van der Waals surface area contributed by atoms with Gasteiger partial charge in [-0.3, -0.25) is 0 Å². The summed E-state index contributed by atoms with van der Waals surface area (Å²) in [5.74, 6) is 0.833. The van der Waals surface area contributed by atoms with Crippen molar-refractivity contribution in [2.24, 2.45) is 5.92 Å². The average molecular weight is 421 g/mol. The van der Waals surface area contributed by atoms with Gasteiger partial charge in [0.2, 0.25) is 0 Å². The van der Waals surface area contributed by atoms with Crippen molar-refractivity contribution in [3.05, 3.63) is 45.3 Å². The molecule has 0 radical (unpaired) electrons. The maximum absolute atomic E-state index is 3.62. The lowest BCUT2D eigenvalue weighted by Gasteiger charge is -2.23. The molecule has 1 aromatic heterocycles. The summed E-state index contributed by atoms with van der Waals surface area (Å²) in [6, 6.07) is 13.3. The van der Waals surface area contributed by atoms with Gasteiger partial charge in [-0.05, 0) is 55.2 Å². The predicted octanol–water partition coefficient (Wildman–Crippen LogP) is 6.90. The van der Waals surface area contributed by atoms with Crippen LogP contribution in [-0.4, -0.2) is 4.57 Å². The lowest BCUT2D eigenvalue weighted by Crippen LogP contribution is -2.13. The molecule has 0 atom stereocenters. The van der Waals surface area contributed by atoms with E-state index in [0.717, 1.165) is 21.4 Å². The van der Waals surface area contributed by atoms with Crippen LogP contribution in [0, 0.1) is 5.92 Å². The van der Waals surface area contributed by atoms with E-state index in [9.17, 15) is 0 Å². The van der Waals surface area contributed by atoms with E-state index in [0.29, 0.717) is 0 Å². The lowest BCUT2D eigenvalue weighted by molar-refractivity contribution is 0.325. The first-order valence-corrected chi connectivity index (χ1v) is 9.68. The van der Waals surface area contributed by atoms with Crippen LogP contribution in [0.5, 0.6) is 0 Å². The largest absolute Gasteiger partial charge is 0.340 e. The van der Waals surface area contributed by atoms with Gasteiger partial charge >= 0.3 is 0 Å². The Kier molecular flexibility index (Phi) is 4.04. The molecule has 114 valence electrons. The van der Waals surface area contributed by atoms with Gasteiger partial charge in [-0.25, -0.2) is 0 Å². The van der Waals surface area contributed by atoms with Gasteiger partial charge in [-0.2, -0.15) is 0 Å². The van der Waals surface area contributed by atoms with Crippen LogP contribution >= 0.6 is 31.9 Å². The number of benzene rings is 2. The number of fused-ring (bicyclic) bond motifs is 3. The molecule has 0 spiro atoms. The Hall–Kier alpha value is -0.800. The number of hydrogen-bond acceptors (Lipinski definition) is 0. The number of hydrogen-bond donors (Lipinski definition) is 0. The normalized spacial score (nSPS) is 16.6. The highest BCUT2D eigenvalue weighted by atomic mass is 79.9. The SMILES string of the molecule is Brc1ccc2c(c1)c1cc(Br)ccc1n2CC1CCCCC1. The van der Waals surface area contributed by atoms with E-state index in [1.807, 2.05) is 0 Å². The third kappa shape index (κ3) is 2.63. The monoisotopic (exact) mass is 419 g/mol. The minimum absolute atomic E-state index is 0.833. The van der Waals surface area contributed by atoms with E-state index in [2.05, 4.69) is 72.8 Å². The molecule has 1 nitrogen and oxygen atoms in total. The minimum Gasteiger partial charge on any atom is -0.340 e. The quantitative estimate of drug-likeness (QED) is 0.424. The Morgan fingerprint density at radius 3 is 1.91 bits per heavy atom. The molecule has 2 aromatic carbocycles. The van der Waals surface area contributed by atoms with Gasteiger partial charge in [-0.1, -0.05) is 51.1 Å². The Morgan fingerprint density at radius 1 is 0.818 bits per heavy atom. The van der Waals surface area contributed by atoms with Gasteiger partial charge in [0.1, 0.15) is 0 Å². The molecule has 3 aromatic rings. The second-order valence-electron chi connectivity index (χ2n) is 6.44. The molecule has 1 fully saturated rings. The van der Waals surface area contributed by atoms with Crippen LogP contribution in [0.2, 0.25) is 0 Å². The van der Waals surface area contributed by atoms with Crippen LogP contribution in [0.15, 0.2) is 45.3 Å². The van der Waals surface area contributed by atoms with Gasteiger partial charge < -0.3 is 4.57 Å². The lowest BCUT2D eigenvalue weighted by atomic mass is 9.89. The fourth-order valence-corrected chi connectivity index (χ4v) is 4.60. The van der Waals surface area contributed by atoms with Crippen molar-refractivity contribution < 1.29 is 0 Å². The van der Waals surface area contributed by atoms with Crippen molar-refractivity contribution in [2.75, 3.05) is 0 Å². The zero-order chi connectivity index (χ0) is 15.1. The number of nitrogens with zero attached hydrogens (tertiary/aromatic N) is 1. The van der Waals surface area contributed by atoms with E-state index in [1.165, 1.54) is 53.9 Å². The molecule has 1 aliphatic carbocycles. The first-order valence-electron chi connectivity index (χ1n) is 8.09. The molecule has 22 heavy (non-hydrogen) atoms. The summed E-state index contributed by atoms with van der Waals surface area (Å²) in [5, 5.41) is 2.70. The Labute approximate surface area is 147 Å². The van der Waals surface area contributed by atoms with E-state index < -0.39 is 0 Å². The molecule has 1 saturated carbocycles. The van der Waals surface area contributed by atoms with Crippen molar-refractivity contribution in [2.45, 2.75) is 38.6 Å². The fraction of sp³-hybridized carbons (Fsp3) is 0.368. The molecular formula is C19H19Br2N. The van der Waals surface area contributed by atoms with Crippen LogP contribution in [0.1, 0.15) is 32.1 Å². The van der Waals surface area contributed by atoms with Crippen LogP contribution < -0.4 is 0 Å². The van der Waals surface area contributed by atoms with Crippen molar-refractivity contribution in [3.8, 4) is 0 Å². The first-order chi connectivity index (χ1) is 10.7. The number of aromatic nitrogens is 1. The smallest absolute Gasteiger partial charge is 0.0492 e. The summed E-state index contributed by atoms with van der Waals surface area (Å²) in [4.78, 5) is 0. The standard InChI is InChI=1S/C19H19Br2N/c20-14-6-8-18-16(10-14)17-11-15(21)7-9-19(17)22(18)12-13-4-2-1-3-5-13/h6-11,13H,1-5,12H2. The zero-order valence-electron chi connectivity index (χ0n) is 12.5. The summed E-state index contributed by atoms with van der Waals surface area (Å²) in [5.41, 5.74) is 2.73. The first kappa shape index (κ1) is 14.8. The number of halogens is 2. The van der Waals surface area contributed by atoms with Gasteiger partial charge in [0.15, 0.2) is 0 Å². The van der Waals surface area contributed by atoms with Crippen molar-refractivity contribution in [1.82, 2.24) is 4.57 Å². The fourth-order valence-electron chi connectivity index (χ4n) is 3.87. The van der Waals surface area contributed by atoms with Gasteiger partial charge in [-0.15, -0.1) is 0 Å². The Balaban J connectivity index is 1.90. The summed E-state index contributed by atoms with van der Waals surface area (Å²) in [6.45, 7) is 1.16. The van der Waals surface area contributed by atoms with Crippen LogP contribution in [0.4, 0.5) is 0 Å². The highest BCUT2D eigenvalue weighted by Gasteiger charge is 2.17. The molecule has 0 aliphatic heterocycles. The Morgan fingerprint density at radius 2 is 1.36 bits per heavy atom. The molecule has 0 bridgehead atoms. The molecular weight excluding hydrogens is 402 g/mol. The van der Waals surface area contributed by atoms with Gasteiger partial charge in [0.05, 0.1) is 0 Å². The maximum Gasteiger partial charge on any atom is 0.0492 e. The molecule has 4 rings (SSSR count). The molecule has 0 unspecified atom stereocenters. The van der Waals surface area contributed by atoms with E-state index in [4.69, 9.17) is 0 Å². The molecule has 0 amide bonds. The average Bonchev–Trinajstić information content (AvgIpc) is 2.81. The van der Waals surface area contributed by atoms with E-state index in [1.54, 1.807) is 0 Å². The molecule has 0 N–H and O–H groups in total. The third-order valence-electron chi connectivity index (χ3n) is 4.95. The summed E-state index contributed by atoms with van der Waals surface area (Å²) in [7, 11) is 0. The Bertz CT molecular complexity index is 769. The maximum atomic E-state index is 3.62. The van der Waals surface area contributed by atoms with Gasteiger partial charge in [0, 0.05) is 37.3 Å². The summed E-state index contributed by atoms with van der Waals surface area (Å²) < 4.78 is 4.84. The third-order valence-corrected chi connectivity index (χ3v) is 5.94. The topological polar surface area (TPSA) is 4.93 Å². The highest BCUT2D eigenvalue weighted by molar-refractivity contribution is 9.10. The molecule has 0 saturated heterocycles. The molecule has 1 heterocycles. The van der Waals surface area contributed by atoms with Crippen molar-refractivity contribution >= 4 is 53.7 Å². The highest BCUT2D eigenvalue weighted by Crippen LogP contribution is 2.35. The van der Waals surface area contributed by atoms with Crippen molar-refractivity contribution in [3.63, 3.8) is 0 Å². The van der Waals surface area contributed by atoms with E-state index >= 15 is 0 Å². The second-order valence-corrected chi connectivity index (χ2v) is 8.27. The van der Waals surface area contributed by atoms with Gasteiger partial charge in [0.25, 0.3) is 0 Å². The summed E-state index contributed by atoms with van der Waals surface area (Å²) >= 11 is 7.25. The summed E-state index contributed by atoms with van der Waals surface area (Å²) in [6.07, 6.45) is 6.99. The minimum atomic E-state index is 0.833. The van der Waals surface area contributed by atoms with E-state index in [-0.39, 0.29) is 0 Å². The second kappa shape index (κ2) is 6.01. The molecule has 1 aliphatic rings. The van der Waals surface area contributed by atoms with Crippen molar-refractivity contribution in [1.29, 1.82) is 0 Å². The van der Waals surface area contributed by atoms with Crippen LogP contribution in [0.25, 0.3) is 21.8 Å².